The molecule has 1 fully saturated rings. The summed E-state index contributed by atoms with van der Waals surface area (Å²) < 4.78 is 41.3. The van der Waals surface area contributed by atoms with Crippen molar-refractivity contribution in [3.05, 3.63) is 0 Å². The van der Waals surface area contributed by atoms with Gasteiger partial charge in [-0.1, -0.05) is 6.92 Å². The number of hydrogen-bond acceptors (Lipinski definition) is 3. The average Bonchev–Trinajstić information content (AvgIpc) is 2.76. The molecule has 7 heteroatoms. The van der Waals surface area contributed by atoms with Crippen LogP contribution in [0.1, 0.15) is 45.4 Å². The lowest BCUT2D eigenvalue weighted by Crippen LogP contribution is -2.50. The predicted molar refractivity (Wildman–Crippen MR) is 67.5 cm³/mol. The minimum Gasteiger partial charge on any atom is -0.480 e. The minimum absolute atomic E-state index is 0.0215. The second kappa shape index (κ2) is 7.26. The summed E-state index contributed by atoms with van der Waals surface area (Å²) in [6, 6.07) is 0. The number of ether oxygens (including phenoxy) is 1. The lowest BCUT2D eigenvalue weighted by Gasteiger charge is -2.25. The van der Waals surface area contributed by atoms with Gasteiger partial charge in [0.2, 0.25) is 0 Å². The van der Waals surface area contributed by atoms with Crippen LogP contribution in [0.3, 0.4) is 0 Å². The highest BCUT2D eigenvalue weighted by atomic mass is 19.4. The Morgan fingerprint density at radius 3 is 2.75 bits per heavy atom. The first-order valence-corrected chi connectivity index (χ1v) is 6.96. The van der Waals surface area contributed by atoms with Crippen LogP contribution in [0.4, 0.5) is 13.2 Å². The van der Waals surface area contributed by atoms with E-state index < -0.39 is 24.1 Å². The van der Waals surface area contributed by atoms with E-state index in [1.165, 1.54) is 0 Å². The maximum atomic E-state index is 12.0. The predicted octanol–water partition coefficient (Wildman–Crippen LogP) is 2.72. The Morgan fingerprint density at radius 1 is 1.50 bits per heavy atom. The zero-order chi connectivity index (χ0) is 15.2. The van der Waals surface area contributed by atoms with Crippen LogP contribution in [0, 0.1) is 0 Å². The van der Waals surface area contributed by atoms with Crippen molar-refractivity contribution in [2.75, 3.05) is 13.2 Å². The summed E-state index contributed by atoms with van der Waals surface area (Å²) in [5.74, 6) is -0.910. The third-order valence-electron chi connectivity index (χ3n) is 3.55. The van der Waals surface area contributed by atoms with Crippen LogP contribution < -0.4 is 5.32 Å². The quantitative estimate of drug-likeness (QED) is 0.676. The van der Waals surface area contributed by atoms with Crippen LogP contribution in [0.2, 0.25) is 0 Å². The van der Waals surface area contributed by atoms with Crippen molar-refractivity contribution in [3.8, 4) is 0 Å². The molecule has 1 rings (SSSR count). The first kappa shape index (κ1) is 17.2. The van der Waals surface area contributed by atoms with Crippen LogP contribution in [0.5, 0.6) is 0 Å². The van der Waals surface area contributed by atoms with Gasteiger partial charge in [-0.25, -0.2) is 0 Å². The molecule has 0 radical (unpaired) electrons. The maximum absolute atomic E-state index is 12.0. The van der Waals surface area contributed by atoms with Gasteiger partial charge in [0, 0.05) is 19.4 Å². The second-order valence-corrected chi connectivity index (χ2v) is 5.27. The molecule has 0 heterocycles. The van der Waals surface area contributed by atoms with E-state index in [2.05, 4.69) is 5.32 Å². The summed E-state index contributed by atoms with van der Waals surface area (Å²) in [6.45, 7) is 2.57. The van der Waals surface area contributed by atoms with Crippen LogP contribution in [-0.2, 0) is 9.53 Å². The van der Waals surface area contributed by atoms with E-state index in [1.807, 2.05) is 6.92 Å². The van der Waals surface area contributed by atoms with Crippen LogP contribution in [0.15, 0.2) is 0 Å². The average molecular weight is 297 g/mol. The molecule has 0 aromatic rings. The van der Waals surface area contributed by atoms with E-state index in [4.69, 9.17) is 4.74 Å². The minimum atomic E-state index is -4.16. The highest BCUT2D eigenvalue weighted by molar-refractivity contribution is 5.79. The fraction of sp³-hybridized carbons (Fsp3) is 0.923. The molecule has 118 valence electrons. The molecule has 0 aromatic carbocycles. The Bertz CT molecular complexity index is 322. The molecular formula is C13H22F3NO3. The molecule has 1 saturated carbocycles. The van der Waals surface area contributed by atoms with Crippen molar-refractivity contribution >= 4 is 5.97 Å². The van der Waals surface area contributed by atoms with Crippen LogP contribution >= 0.6 is 0 Å². The number of hydrogen-bond donors (Lipinski definition) is 2. The summed E-state index contributed by atoms with van der Waals surface area (Å²) in [6.07, 6.45) is -3.22. The molecule has 1 aliphatic rings. The van der Waals surface area contributed by atoms with Crippen molar-refractivity contribution in [2.45, 2.75) is 63.3 Å². The standard InChI is InChI=1S/C13H22F3NO3/c1-2-7-17-12(11(18)19)6-4-10(9-12)20-8-3-5-13(14,15)16/h10,17H,2-9H2,1H3,(H,18,19). The summed E-state index contributed by atoms with van der Waals surface area (Å²) in [4.78, 5) is 11.4. The van der Waals surface area contributed by atoms with Crippen LogP contribution in [0.25, 0.3) is 0 Å². The zero-order valence-electron chi connectivity index (χ0n) is 11.6. The number of carbonyl (C=O) groups is 1. The normalized spacial score (nSPS) is 26.9. The van der Waals surface area contributed by atoms with E-state index in [0.29, 0.717) is 25.8 Å². The summed E-state index contributed by atoms with van der Waals surface area (Å²) in [7, 11) is 0. The molecule has 0 spiro atoms. The van der Waals surface area contributed by atoms with Gasteiger partial charge in [0.15, 0.2) is 0 Å². The van der Waals surface area contributed by atoms with E-state index >= 15 is 0 Å². The van der Waals surface area contributed by atoms with Crippen molar-refractivity contribution in [1.82, 2.24) is 5.32 Å². The smallest absolute Gasteiger partial charge is 0.389 e. The number of alkyl halides is 3. The van der Waals surface area contributed by atoms with Gasteiger partial charge in [0.05, 0.1) is 6.10 Å². The van der Waals surface area contributed by atoms with Gasteiger partial charge in [-0.2, -0.15) is 13.2 Å². The maximum Gasteiger partial charge on any atom is 0.389 e. The number of nitrogens with one attached hydrogen (secondary N) is 1. The first-order valence-electron chi connectivity index (χ1n) is 6.96. The third kappa shape index (κ3) is 5.28. The van der Waals surface area contributed by atoms with Gasteiger partial charge in [0.1, 0.15) is 5.54 Å². The van der Waals surface area contributed by atoms with E-state index in [1.54, 1.807) is 0 Å². The second-order valence-electron chi connectivity index (χ2n) is 5.27. The number of halogens is 3. The van der Waals surface area contributed by atoms with Gasteiger partial charge < -0.3 is 15.2 Å². The van der Waals surface area contributed by atoms with Crippen LogP contribution in [-0.4, -0.2) is 42.0 Å². The zero-order valence-corrected chi connectivity index (χ0v) is 11.6. The fourth-order valence-corrected chi connectivity index (χ4v) is 2.46. The topological polar surface area (TPSA) is 58.6 Å². The highest BCUT2D eigenvalue weighted by Crippen LogP contribution is 2.32. The Morgan fingerprint density at radius 2 is 2.20 bits per heavy atom. The molecule has 0 amide bonds. The molecule has 1 aliphatic carbocycles. The highest BCUT2D eigenvalue weighted by Gasteiger charge is 2.45. The Balaban J connectivity index is 2.35. The number of rotatable bonds is 8. The van der Waals surface area contributed by atoms with Gasteiger partial charge in [-0.05, 0) is 32.2 Å². The summed E-state index contributed by atoms with van der Waals surface area (Å²) in [5.41, 5.74) is -0.981. The molecule has 20 heavy (non-hydrogen) atoms. The molecule has 0 saturated heterocycles. The third-order valence-corrected chi connectivity index (χ3v) is 3.55. The van der Waals surface area contributed by atoms with Crippen molar-refractivity contribution < 1.29 is 27.8 Å². The van der Waals surface area contributed by atoms with E-state index in [0.717, 1.165) is 6.42 Å². The SMILES string of the molecule is CCCNC1(C(=O)O)CCC(OCCCC(F)(F)F)C1. The van der Waals surface area contributed by atoms with E-state index in [9.17, 15) is 23.1 Å². The van der Waals surface area contributed by atoms with Crippen molar-refractivity contribution in [1.29, 1.82) is 0 Å². The Labute approximate surface area is 116 Å². The number of carboxylic acid groups (broad SMARTS) is 1. The van der Waals surface area contributed by atoms with Gasteiger partial charge in [0.25, 0.3) is 0 Å². The molecule has 4 nitrogen and oxygen atoms in total. The Kier molecular flexibility index (Phi) is 6.26. The summed E-state index contributed by atoms with van der Waals surface area (Å²) >= 11 is 0. The van der Waals surface area contributed by atoms with Gasteiger partial charge in [-0.15, -0.1) is 0 Å². The Hall–Kier alpha value is -0.820. The van der Waals surface area contributed by atoms with Crippen molar-refractivity contribution in [3.63, 3.8) is 0 Å². The lowest BCUT2D eigenvalue weighted by molar-refractivity contribution is -0.145. The molecule has 0 aliphatic heterocycles. The molecule has 0 bridgehead atoms. The molecule has 2 N–H and O–H groups in total. The first-order chi connectivity index (χ1) is 9.29. The molecule has 2 unspecified atom stereocenters. The lowest BCUT2D eigenvalue weighted by atomic mass is 9.97. The fourth-order valence-electron chi connectivity index (χ4n) is 2.46. The number of carboxylic acids is 1. The largest absolute Gasteiger partial charge is 0.480 e. The number of aliphatic carboxylic acids is 1. The van der Waals surface area contributed by atoms with Gasteiger partial charge >= 0.3 is 12.1 Å². The molecule has 0 aromatic heterocycles. The monoisotopic (exact) mass is 297 g/mol. The van der Waals surface area contributed by atoms with Gasteiger partial charge in [-0.3, -0.25) is 4.79 Å². The summed E-state index contributed by atoms with van der Waals surface area (Å²) in [5, 5.41) is 12.3. The molecule has 2 atom stereocenters. The van der Waals surface area contributed by atoms with E-state index in [-0.39, 0.29) is 19.1 Å². The molecular weight excluding hydrogens is 275 g/mol. The van der Waals surface area contributed by atoms with Crippen molar-refractivity contribution in [2.24, 2.45) is 0 Å².